The number of hydrogen-bond donors (Lipinski definition) is 3. The maximum absolute atomic E-state index is 13.2. The van der Waals surface area contributed by atoms with Gasteiger partial charge in [0.05, 0.1) is 17.8 Å². The topological polar surface area (TPSA) is 84.2 Å². The molecule has 0 unspecified atom stereocenters. The van der Waals surface area contributed by atoms with Crippen LogP contribution < -0.4 is 16.4 Å². The van der Waals surface area contributed by atoms with Crippen molar-refractivity contribution in [3.63, 3.8) is 0 Å². The maximum Gasteiger partial charge on any atom is 0.254 e. The molecule has 0 bridgehead atoms. The summed E-state index contributed by atoms with van der Waals surface area (Å²) >= 11 is 0. The van der Waals surface area contributed by atoms with Crippen molar-refractivity contribution in [1.29, 1.82) is 0 Å². The molecule has 0 aliphatic heterocycles. The Labute approximate surface area is 96.0 Å². The molecule has 1 aromatic carbocycles. The molecule has 17 heavy (non-hydrogen) atoms. The van der Waals surface area contributed by atoms with Crippen molar-refractivity contribution in [2.45, 2.75) is 0 Å². The molecule has 0 aromatic heterocycles. The lowest BCUT2D eigenvalue weighted by atomic mass is 10.1. The molecule has 4 N–H and O–H groups in total. The van der Waals surface area contributed by atoms with Crippen LogP contribution in [-0.2, 0) is 4.79 Å². The fourth-order valence-electron chi connectivity index (χ4n) is 1.08. The van der Waals surface area contributed by atoms with Gasteiger partial charge in [-0.25, -0.2) is 8.78 Å². The first-order chi connectivity index (χ1) is 7.95. The number of anilines is 1. The molecule has 0 atom stereocenters. The number of halogens is 2. The van der Waals surface area contributed by atoms with Crippen LogP contribution >= 0.6 is 0 Å². The zero-order valence-electron chi connectivity index (χ0n) is 9.01. The van der Waals surface area contributed by atoms with Crippen LogP contribution in [0.1, 0.15) is 10.4 Å². The van der Waals surface area contributed by atoms with Crippen LogP contribution in [0.25, 0.3) is 0 Å². The van der Waals surface area contributed by atoms with Crippen LogP contribution in [0, 0.1) is 11.6 Å². The zero-order valence-corrected chi connectivity index (χ0v) is 9.01. The van der Waals surface area contributed by atoms with Gasteiger partial charge in [-0.15, -0.1) is 0 Å². The fraction of sp³-hybridized carbons (Fsp3) is 0.200. The van der Waals surface area contributed by atoms with E-state index in [2.05, 4.69) is 10.6 Å². The first-order valence-electron chi connectivity index (χ1n) is 4.69. The van der Waals surface area contributed by atoms with Gasteiger partial charge in [-0.2, -0.15) is 0 Å². The molecule has 1 aromatic rings. The van der Waals surface area contributed by atoms with Crippen molar-refractivity contribution in [3.05, 3.63) is 29.3 Å². The van der Waals surface area contributed by atoms with E-state index in [4.69, 9.17) is 5.73 Å². The number of nitrogens with two attached hydrogens (primary N) is 1. The first-order valence-corrected chi connectivity index (χ1v) is 4.69. The van der Waals surface area contributed by atoms with Crippen molar-refractivity contribution in [2.75, 3.05) is 19.3 Å². The third-order valence-electron chi connectivity index (χ3n) is 2.02. The molecule has 2 amide bonds. The number of likely N-dealkylation sites (N-methyl/N-ethyl adjacent to an activating group) is 1. The largest absolute Gasteiger partial charge is 0.396 e. The van der Waals surface area contributed by atoms with Gasteiger partial charge in [0.25, 0.3) is 5.91 Å². The molecule has 0 radical (unpaired) electrons. The van der Waals surface area contributed by atoms with Crippen LogP contribution in [-0.4, -0.2) is 25.4 Å². The average Bonchev–Trinajstić information content (AvgIpc) is 2.30. The zero-order chi connectivity index (χ0) is 13.0. The Kier molecular flexibility index (Phi) is 3.97. The first kappa shape index (κ1) is 12.9. The third-order valence-corrected chi connectivity index (χ3v) is 2.02. The summed E-state index contributed by atoms with van der Waals surface area (Å²) in [4.78, 5) is 22.3. The average molecular weight is 243 g/mol. The highest BCUT2D eigenvalue weighted by molar-refractivity contribution is 5.97. The number of amides is 2. The van der Waals surface area contributed by atoms with Crippen molar-refractivity contribution < 1.29 is 18.4 Å². The Morgan fingerprint density at radius 2 is 1.94 bits per heavy atom. The van der Waals surface area contributed by atoms with Gasteiger partial charge < -0.3 is 16.4 Å². The highest BCUT2D eigenvalue weighted by Gasteiger charge is 2.15. The molecule has 0 spiro atoms. The highest BCUT2D eigenvalue weighted by Crippen LogP contribution is 2.16. The molecule has 0 aliphatic rings. The second-order valence-electron chi connectivity index (χ2n) is 3.21. The quantitative estimate of drug-likeness (QED) is 0.654. The Bertz CT molecular complexity index is 463. The Morgan fingerprint density at radius 3 is 2.53 bits per heavy atom. The molecule has 0 saturated heterocycles. The SMILES string of the molecule is CNC(=O)CNC(=O)c1cc(N)c(F)cc1F. The fourth-order valence-corrected chi connectivity index (χ4v) is 1.08. The normalized spacial score (nSPS) is 9.82. The van der Waals surface area contributed by atoms with Gasteiger partial charge in [0, 0.05) is 13.1 Å². The molecular formula is C10H11F2N3O2. The molecule has 0 aliphatic carbocycles. The summed E-state index contributed by atoms with van der Waals surface area (Å²) in [5.41, 5.74) is 4.46. The number of rotatable bonds is 3. The Balaban J connectivity index is 2.82. The standard InChI is InChI=1S/C10H11F2N3O2/c1-14-9(16)4-15-10(17)5-2-8(13)7(12)3-6(5)11/h2-3H,4,13H2,1H3,(H,14,16)(H,15,17). The summed E-state index contributed by atoms with van der Waals surface area (Å²) in [6.45, 7) is -0.300. The number of hydrogen-bond acceptors (Lipinski definition) is 3. The summed E-state index contributed by atoms with van der Waals surface area (Å²) in [5.74, 6) is -3.25. The Morgan fingerprint density at radius 1 is 1.29 bits per heavy atom. The van der Waals surface area contributed by atoms with E-state index >= 15 is 0 Å². The van der Waals surface area contributed by atoms with E-state index in [-0.39, 0.29) is 12.2 Å². The van der Waals surface area contributed by atoms with Crippen LogP contribution in [0.2, 0.25) is 0 Å². The second-order valence-corrected chi connectivity index (χ2v) is 3.21. The van der Waals surface area contributed by atoms with E-state index in [0.717, 1.165) is 6.07 Å². The molecule has 92 valence electrons. The molecule has 5 nitrogen and oxygen atoms in total. The minimum absolute atomic E-state index is 0.300. The summed E-state index contributed by atoms with van der Waals surface area (Å²) < 4.78 is 26.1. The van der Waals surface area contributed by atoms with E-state index in [9.17, 15) is 18.4 Å². The van der Waals surface area contributed by atoms with Gasteiger partial charge in [0.1, 0.15) is 11.6 Å². The van der Waals surface area contributed by atoms with Gasteiger partial charge in [-0.1, -0.05) is 0 Å². The van der Waals surface area contributed by atoms with Gasteiger partial charge in [0.15, 0.2) is 0 Å². The molecule has 0 fully saturated rings. The second kappa shape index (κ2) is 5.24. The predicted octanol–water partition coefficient (Wildman–Crippen LogP) is 0.0228. The maximum atomic E-state index is 13.2. The minimum atomic E-state index is -1.04. The number of nitrogens with one attached hydrogen (secondary N) is 2. The van der Waals surface area contributed by atoms with E-state index in [1.165, 1.54) is 7.05 Å². The molecular weight excluding hydrogens is 232 g/mol. The highest BCUT2D eigenvalue weighted by atomic mass is 19.1. The van der Waals surface area contributed by atoms with Crippen molar-refractivity contribution in [1.82, 2.24) is 10.6 Å². The summed E-state index contributed by atoms with van der Waals surface area (Å²) in [5, 5.41) is 4.44. The van der Waals surface area contributed by atoms with Crippen LogP contribution in [0.4, 0.5) is 14.5 Å². The van der Waals surface area contributed by atoms with Crippen molar-refractivity contribution in [3.8, 4) is 0 Å². The number of nitrogen functional groups attached to an aromatic ring is 1. The van der Waals surface area contributed by atoms with Crippen LogP contribution in [0.5, 0.6) is 0 Å². The van der Waals surface area contributed by atoms with Gasteiger partial charge in [0.2, 0.25) is 5.91 Å². The number of carbonyl (C=O) groups excluding carboxylic acids is 2. The molecule has 7 heteroatoms. The van der Waals surface area contributed by atoms with E-state index in [1.54, 1.807) is 0 Å². The van der Waals surface area contributed by atoms with Crippen molar-refractivity contribution in [2.24, 2.45) is 0 Å². The molecule has 1 rings (SSSR count). The third kappa shape index (κ3) is 3.13. The molecule has 0 saturated carbocycles. The van der Waals surface area contributed by atoms with E-state index < -0.39 is 29.0 Å². The lowest BCUT2D eigenvalue weighted by molar-refractivity contribution is -0.119. The molecule has 0 heterocycles. The van der Waals surface area contributed by atoms with Gasteiger partial charge in [-0.3, -0.25) is 9.59 Å². The minimum Gasteiger partial charge on any atom is -0.396 e. The monoisotopic (exact) mass is 243 g/mol. The van der Waals surface area contributed by atoms with Crippen LogP contribution in [0.15, 0.2) is 12.1 Å². The summed E-state index contributed by atoms with van der Waals surface area (Å²) in [6.07, 6.45) is 0. The predicted molar refractivity (Wildman–Crippen MR) is 57.2 cm³/mol. The smallest absolute Gasteiger partial charge is 0.254 e. The number of benzene rings is 1. The van der Waals surface area contributed by atoms with Crippen LogP contribution in [0.3, 0.4) is 0 Å². The van der Waals surface area contributed by atoms with E-state index in [1.807, 2.05) is 0 Å². The lowest BCUT2D eigenvalue weighted by Gasteiger charge is -2.06. The van der Waals surface area contributed by atoms with Gasteiger partial charge >= 0.3 is 0 Å². The summed E-state index contributed by atoms with van der Waals surface area (Å²) in [6, 6.07) is 1.40. The van der Waals surface area contributed by atoms with Crippen molar-refractivity contribution >= 4 is 17.5 Å². The number of carbonyl (C=O) groups is 2. The van der Waals surface area contributed by atoms with E-state index in [0.29, 0.717) is 6.07 Å². The summed E-state index contributed by atoms with van der Waals surface area (Å²) in [7, 11) is 1.39. The Hall–Kier alpha value is -2.18. The lowest BCUT2D eigenvalue weighted by Crippen LogP contribution is -2.35. The van der Waals surface area contributed by atoms with Gasteiger partial charge in [-0.05, 0) is 6.07 Å².